The molecule has 2 aromatic heterocycles. The molecule has 7 heteroatoms. The quantitative estimate of drug-likeness (QED) is 0.222. The zero-order valence-electron chi connectivity index (χ0n) is 26.6. The largest absolute Gasteiger partial charge is 0.493 e. The Balaban J connectivity index is 1.36. The van der Waals surface area contributed by atoms with E-state index < -0.39 is 17.4 Å². The van der Waals surface area contributed by atoms with Crippen LogP contribution in [-0.4, -0.2) is 26.3 Å². The summed E-state index contributed by atoms with van der Waals surface area (Å²) in [7, 11) is 0. The van der Waals surface area contributed by atoms with E-state index >= 15 is 0 Å². The van der Waals surface area contributed by atoms with Gasteiger partial charge in [0.1, 0.15) is 17.7 Å². The van der Waals surface area contributed by atoms with Crippen LogP contribution < -0.4 is 16.0 Å². The molecule has 0 spiro atoms. The van der Waals surface area contributed by atoms with Crippen LogP contribution in [0.1, 0.15) is 57.6 Å². The molecular formula is C39H39N3O4. The van der Waals surface area contributed by atoms with E-state index in [1.54, 1.807) is 6.08 Å². The first-order valence-electron chi connectivity index (χ1n) is 16.0. The molecule has 1 saturated carbocycles. The fourth-order valence-corrected chi connectivity index (χ4v) is 6.86. The number of ether oxygens (including phenoxy) is 1. The van der Waals surface area contributed by atoms with Gasteiger partial charge in [-0.15, -0.1) is 0 Å². The molecule has 1 aliphatic carbocycles. The summed E-state index contributed by atoms with van der Waals surface area (Å²) < 4.78 is 9.17. The van der Waals surface area contributed by atoms with E-state index in [2.05, 4.69) is 56.2 Å². The van der Waals surface area contributed by atoms with Crippen LogP contribution in [0.15, 0.2) is 77.6 Å². The van der Waals surface area contributed by atoms with Crippen molar-refractivity contribution in [2.24, 2.45) is 17.8 Å². The van der Waals surface area contributed by atoms with Gasteiger partial charge in [-0.05, 0) is 79.0 Å². The van der Waals surface area contributed by atoms with Gasteiger partial charge in [-0.2, -0.15) is 5.26 Å². The zero-order chi connectivity index (χ0) is 32.5. The molecule has 46 heavy (non-hydrogen) atoms. The molecule has 0 radical (unpaired) electrons. The molecule has 7 nitrogen and oxygen atoms in total. The first-order valence-corrected chi connectivity index (χ1v) is 16.0. The van der Waals surface area contributed by atoms with Crippen LogP contribution >= 0.6 is 0 Å². The minimum atomic E-state index is -0.521. The topological polar surface area (TPSA) is 97.2 Å². The smallest absolute Gasteiger partial charge is 0.307 e. The summed E-state index contributed by atoms with van der Waals surface area (Å²) in [4.78, 5) is 26.7. The highest BCUT2D eigenvalue weighted by atomic mass is 16.5. The molecule has 3 unspecified atom stereocenters. The molecule has 6 rings (SSSR count). The van der Waals surface area contributed by atoms with Gasteiger partial charge in [0.25, 0.3) is 5.56 Å². The molecule has 0 bridgehead atoms. The summed E-state index contributed by atoms with van der Waals surface area (Å²) in [5, 5.41) is 23.2. The van der Waals surface area contributed by atoms with Crippen molar-refractivity contribution >= 4 is 40.4 Å². The number of pyridine rings is 1. The maximum Gasteiger partial charge on any atom is 0.307 e. The van der Waals surface area contributed by atoms with Gasteiger partial charge in [0, 0.05) is 33.4 Å². The van der Waals surface area contributed by atoms with Crippen molar-refractivity contribution in [3.8, 4) is 17.6 Å². The second-order valence-corrected chi connectivity index (χ2v) is 12.8. The third-order valence-electron chi connectivity index (χ3n) is 9.64. The normalized spacial score (nSPS) is 18.7. The minimum Gasteiger partial charge on any atom is -0.493 e. The van der Waals surface area contributed by atoms with E-state index in [-0.39, 0.29) is 41.0 Å². The predicted molar refractivity (Wildman–Crippen MR) is 182 cm³/mol. The summed E-state index contributed by atoms with van der Waals surface area (Å²) in [6, 6.07) is 26.3. The van der Waals surface area contributed by atoms with E-state index in [1.807, 2.05) is 54.6 Å². The van der Waals surface area contributed by atoms with Crippen LogP contribution in [-0.2, 0) is 16.1 Å². The Morgan fingerprint density at radius 1 is 1.07 bits per heavy atom. The highest BCUT2D eigenvalue weighted by Gasteiger charge is 2.32. The van der Waals surface area contributed by atoms with Gasteiger partial charge in [-0.3, -0.25) is 14.2 Å². The molecule has 1 fully saturated rings. The number of rotatable bonds is 7. The summed E-state index contributed by atoms with van der Waals surface area (Å²) in [6.07, 6.45) is 4.40. The maximum atomic E-state index is 13.8. The fraction of sp³-hybridized carbons (Fsp3) is 0.308. The Kier molecular flexibility index (Phi) is 8.55. The van der Waals surface area contributed by atoms with Crippen molar-refractivity contribution in [1.82, 2.24) is 9.13 Å². The molecule has 234 valence electrons. The van der Waals surface area contributed by atoms with E-state index in [9.17, 15) is 20.0 Å². The van der Waals surface area contributed by atoms with Gasteiger partial charge in [0.05, 0.1) is 17.5 Å². The number of hydrogen-bond acceptors (Lipinski definition) is 5. The Morgan fingerprint density at radius 3 is 2.52 bits per heavy atom. The first kappa shape index (κ1) is 30.9. The number of esters is 1. The Bertz CT molecular complexity index is 2150. The number of aromatic nitrogens is 2. The van der Waals surface area contributed by atoms with Gasteiger partial charge in [-0.1, -0.05) is 69.8 Å². The number of para-hydroxylation sites is 2. The molecule has 3 aromatic carbocycles. The van der Waals surface area contributed by atoms with Crippen molar-refractivity contribution in [2.75, 3.05) is 0 Å². The van der Waals surface area contributed by atoms with Crippen LogP contribution in [0.25, 0.3) is 40.1 Å². The van der Waals surface area contributed by atoms with Crippen molar-refractivity contribution in [1.29, 1.82) is 5.26 Å². The van der Waals surface area contributed by atoms with Crippen molar-refractivity contribution in [2.45, 2.75) is 59.1 Å². The van der Waals surface area contributed by atoms with Crippen molar-refractivity contribution < 1.29 is 14.6 Å². The van der Waals surface area contributed by atoms with Gasteiger partial charge >= 0.3 is 5.97 Å². The van der Waals surface area contributed by atoms with Crippen LogP contribution in [0.2, 0.25) is 0 Å². The third kappa shape index (κ3) is 5.72. The Morgan fingerprint density at radius 2 is 1.78 bits per heavy atom. The molecule has 0 aliphatic heterocycles. The molecular weight excluding hydrogens is 574 g/mol. The van der Waals surface area contributed by atoms with E-state index in [0.717, 1.165) is 56.9 Å². The van der Waals surface area contributed by atoms with E-state index in [1.165, 1.54) is 0 Å². The maximum absolute atomic E-state index is 13.8. The van der Waals surface area contributed by atoms with Gasteiger partial charge < -0.3 is 14.4 Å². The number of fused-ring (bicyclic) bond motifs is 3. The lowest BCUT2D eigenvalue weighted by Gasteiger charge is -2.35. The number of nitriles is 1. The fourth-order valence-electron chi connectivity index (χ4n) is 6.86. The van der Waals surface area contributed by atoms with Gasteiger partial charge in [-0.25, -0.2) is 0 Å². The zero-order valence-corrected chi connectivity index (χ0v) is 26.6. The lowest BCUT2D eigenvalue weighted by molar-refractivity contribution is -0.155. The first-order chi connectivity index (χ1) is 22.2. The molecule has 0 amide bonds. The minimum absolute atomic E-state index is 0.0957. The average molecular weight is 614 g/mol. The highest BCUT2D eigenvalue weighted by molar-refractivity contribution is 6.09. The SMILES string of the molecule is C=c1c(C#N)c(O)n(CCC(=O)OC2CC(C(C)C)CCC2C)c(=O)c1=Cc1ccc2c(c1)c1ccccc1n2-c1ccccc1. The van der Waals surface area contributed by atoms with Crippen molar-refractivity contribution in [3.05, 3.63) is 105 Å². The lowest BCUT2D eigenvalue weighted by Crippen LogP contribution is -2.46. The molecule has 2 heterocycles. The van der Waals surface area contributed by atoms with Crippen LogP contribution in [0.5, 0.6) is 5.88 Å². The van der Waals surface area contributed by atoms with E-state index in [0.29, 0.717) is 11.8 Å². The second-order valence-electron chi connectivity index (χ2n) is 12.8. The summed E-state index contributed by atoms with van der Waals surface area (Å²) >= 11 is 0. The Labute approximate surface area is 268 Å². The number of carbonyl (C=O) groups excluding carboxylic acids is 1. The van der Waals surface area contributed by atoms with Crippen LogP contribution in [0.3, 0.4) is 0 Å². The van der Waals surface area contributed by atoms with Crippen LogP contribution in [0, 0.1) is 29.1 Å². The predicted octanol–water partition coefficient (Wildman–Crippen LogP) is 6.16. The highest BCUT2D eigenvalue weighted by Crippen LogP contribution is 2.35. The van der Waals surface area contributed by atoms with Gasteiger partial charge in [0.2, 0.25) is 5.88 Å². The Hall–Kier alpha value is -5.09. The molecule has 5 aromatic rings. The summed E-state index contributed by atoms with van der Waals surface area (Å²) in [6.45, 7) is 10.4. The summed E-state index contributed by atoms with van der Waals surface area (Å²) in [5.74, 6) is 0.389. The number of nitrogens with zero attached hydrogens (tertiary/aromatic N) is 3. The third-order valence-corrected chi connectivity index (χ3v) is 9.64. The molecule has 3 atom stereocenters. The average Bonchev–Trinajstić information content (AvgIpc) is 3.38. The van der Waals surface area contributed by atoms with Gasteiger partial charge in [0.15, 0.2) is 0 Å². The van der Waals surface area contributed by atoms with Crippen molar-refractivity contribution in [3.63, 3.8) is 0 Å². The number of hydrogen-bond donors (Lipinski definition) is 1. The molecule has 0 saturated heterocycles. The molecule has 1 aliphatic rings. The van der Waals surface area contributed by atoms with Crippen LogP contribution in [0.4, 0.5) is 0 Å². The monoisotopic (exact) mass is 613 g/mol. The lowest BCUT2D eigenvalue weighted by atomic mass is 9.76. The molecule has 1 N–H and O–H groups in total. The second kappa shape index (κ2) is 12.7. The number of aromatic hydroxyl groups is 1. The number of carbonyl (C=O) groups is 1. The van der Waals surface area contributed by atoms with E-state index in [4.69, 9.17) is 4.74 Å². The summed E-state index contributed by atoms with van der Waals surface area (Å²) in [5.41, 5.74) is 3.25. The standard InChI is InChI=1S/C39H39N3O4/c1-24(2)28-16-14-25(3)36(22-28)46-37(43)18-19-41-38(44)31(26(4)33(23-40)39(41)45)20-27-15-17-35-32(21-27)30-12-8-9-13-34(30)42(35)29-10-6-5-7-11-29/h5-13,15,17,20-21,24-25,28,36,45H,4,14,16,18-19,22H2,1-3H3. The number of benzene rings is 3.